The SMILES string of the molecule is CCCCN1C(=S)N[C@@H](c2ccccn2)[C@@H]1c1cccn1-c1ccc(OC)cc1. The van der Waals surface area contributed by atoms with Crippen LogP contribution in [0.2, 0.25) is 0 Å². The third kappa shape index (κ3) is 3.85. The van der Waals surface area contributed by atoms with Crippen LogP contribution in [0.3, 0.4) is 0 Å². The first-order valence-corrected chi connectivity index (χ1v) is 10.4. The van der Waals surface area contributed by atoms with Gasteiger partial charge in [-0.3, -0.25) is 4.98 Å². The van der Waals surface area contributed by atoms with Gasteiger partial charge < -0.3 is 19.5 Å². The third-order valence-electron chi connectivity index (χ3n) is 5.38. The minimum absolute atomic E-state index is 0.00690. The number of benzene rings is 1. The van der Waals surface area contributed by atoms with Crippen molar-refractivity contribution in [2.24, 2.45) is 0 Å². The Morgan fingerprint density at radius 3 is 2.62 bits per heavy atom. The lowest BCUT2D eigenvalue weighted by molar-refractivity contribution is 0.304. The lowest BCUT2D eigenvalue weighted by atomic mass is 10.0. The largest absolute Gasteiger partial charge is 0.497 e. The van der Waals surface area contributed by atoms with E-state index in [4.69, 9.17) is 17.0 Å². The van der Waals surface area contributed by atoms with E-state index in [2.05, 4.69) is 63.2 Å². The molecule has 0 bridgehead atoms. The number of pyridine rings is 1. The van der Waals surface area contributed by atoms with Crippen LogP contribution in [0.4, 0.5) is 0 Å². The summed E-state index contributed by atoms with van der Waals surface area (Å²) in [6.45, 7) is 3.13. The minimum atomic E-state index is 0.00690. The van der Waals surface area contributed by atoms with Gasteiger partial charge in [-0.05, 0) is 67.2 Å². The average molecular weight is 407 g/mol. The molecule has 2 aromatic heterocycles. The highest BCUT2D eigenvalue weighted by atomic mass is 32.1. The Kier molecular flexibility index (Phi) is 5.81. The molecule has 1 saturated heterocycles. The molecule has 1 N–H and O–H groups in total. The molecule has 1 aliphatic heterocycles. The van der Waals surface area contributed by atoms with Gasteiger partial charge in [0.15, 0.2) is 5.11 Å². The van der Waals surface area contributed by atoms with Crippen LogP contribution in [0.1, 0.15) is 43.2 Å². The number of aromatic nitrogens is 2. The van der Waals surface area contributed by atoms with Crippen LogP contribution < -0.4 is 10.1 Å². The van der Waals surface area contributed by atoms with Crippen LogP contribution in [-0.4, -0.2) is 33.2 Å². The number of ether oxygens (including phenoxy) is 1. The molecule has 0 amide bonds. The van der Waals surface area contributed by atoms with Gasteiger partial charge in [0.2, 0.25) is 0 Å². The maximum absolute atomic E-state index is 5.74. The molecule has 1 fully saturated rings. The number of nitrogens with one attached hydrogen (secondary N) is 1. The molecule has 5 nitrogen and oxygen atoms in total. The van der Waals surface area contributed by atoms with Crippen molar-refractivity contribution >= 4 is 17.3 Å². The molecule has 0 aliphatic carbocycles. The first-order chi connectivity index (χ1) is 14.2. The van der Waals surface area contributed by atoms with Crippen molar-refractivity contribution in [2.45, 2.75) is 31.8 Å². The van der Waals surface area contributed by atoms with Crippen LogP contribution in [0.15, 0.2) is 67.0 Å². The second-order valence-electron chi connectivity index (χ2n) is 7.17. The zero-order valence-corrected chi connectivity index (χ0v) is 17.6. The number of rotatable bonds is 7. The lowest BCUT2D eigenvalue weighted by Crippen LogP contribution is -2.31. The summed E-state index contributed by atoms with van der Waals surface area (Å²) in [5, 5.41) is 4.32. The van der Waals surface area contributed by atoms with E-state index < -0.39 is 0 Å². The number of hydrogen-bond donors (Lipinski definition) is 1. The number of methoxy groups -OCH3 is 1. The molecule has 0 unspecified atom stereocenters. The zero-order chi connectivity index (χ0) is 20.2. The lowest BCUT2D eigenvalue weighted by Gasteiger charge is -2.29. The number of thiocarbonyl (C=S) groups is 1. The summed E-state index contributed by atoms with van der Waals surface area (Å²) < 4.78 is 7.54. The molecule has 6 heteroatoms. The van der Waals surface area contributed by atoms with Crippen molar-refractivity contribution in [3.05, 3.63) is 78.4 Å². The summed E-state index contributed by atoms with van der Waals surface area (Å²) in [4.78, 5) is 6.93. The summed E-state index contributed by atoms with van der Waals surface area (Å²) in [5.41, 5.74) is 3.29. The molecule has 29 heavy (non-hydrogen) atoms. The van der Waals surface area contributed by atoms with E-state index in [9.17, 15) is 0 Å². The van der Waals surface area contributed by atoms with E-state index in [1.807, 2.05) is 30.5 Å². The zero-order valence-electron chi connectivity index (χ0n) is 16.8. The van der Waals surface area contributed by atoms with Crippen molar-refractivity contribution in [3.8, 4) is 11.4 Å². The predicted octanol–water partition coefficient (Wildman–Crippen LogP) is 4.65. The fourth-order valence-corrected chi connectivity index (χ4v) is 4.24. The van der Waals surface area contributed by atoms with Gasteiger partial charge in [0.1, 0.15) is 5.75 Å². The summed E-state index contributed by atoms with van der Waals surface area (Å²) in [6, 6.07) is 18.5. The normalized spacial score (nSPS) is 18.7. The van der Waals surface area contributed by atoms with Crippen LogP contribution in [0, 0.1) is 0 Å². The monoisotopic (exact) mass is 406 g/mol. The van der Waals surface area contributed by atoms with Gasteiger partial charge in [0.25, 0.3) is 0 Å². The van der Waals surface area contributed by atoms with Gasteiger partial charge in [0.05, 0.1) is 24.9 Å². The Balaban J connectivity index is 1.76. The van der Waals surface area contributed by atoms with E-state index in [1.54, 1.807) is 7.11 Å². The molecule has 3 heterocycles. The van der Waals surface area contributed by atoms with Crippen molar-refractivity contribution < 1.29 is 4.74 Å². The van der Waals surface area contributed by atoms with Gasteiger partial charge in [-0.1, -0.05) is 19.4 Å². The van der Waals surface area contributed by atoms with Crippen LogP contribution >= 0.6 is 12.2 Å². The number of unbranched alkanes of at least 4 members (excludes halogenated alkanes) is 1. The molecule has 2 atom stereocenters. The fourth-order valence-electron chi connectivity index (χ4n) is 3.91. The summed E-state index contributed by atoms with van der Waals surface area (Å²) >= 11 is 5.74. The first kappa shape index (κ1) is 19.5. The maximum atomic E-state index is 5.74. The molecule has 0 spiro atoms. The summed E-state index contributed by atoms with van der Waals surface area (Å²) in [6.07, 6.45) is 6.16. The van der Waals surface area contributed by atoms with Gasteiger partial charge in [-0.2, -0.15) is 0 Å². The van der Waals surface area contributed by atoms with Gasteiger partial charge in [-0.25, -0.2) is 0 Å². The van der Waals surface area contributed by atoms with Crippen LogP contribution in [0.5, 0.6) is 5.75 Å². The summed E-state index contributed by atoms with van der Waals surface area (Å²) in [7, 11) is 1.68. The molecule has 1 aromatic carbocycles. The molecular weight excluding hydrogens is 380 g/mol. The Morgan fingerprint density at radius 1 is 1.10 bits per heavy atom. The highest BCUT2D eigenvalue weighted by Gasteiger charge is 2.40. The van der Waals surface area contributed by atoms with Crippen molar-refractivity contribution in [1.29, 1.82) is 0 Å². The van der Waals surface area contributed by atoms with Gasteiger partial charge >= 0.3 is 0 Å². The Bertz CT molecular complexity index is 955. The minimum Gasteiger partial charge on any atom is -0.497 e. The van der Waals surface area contributed by atoms with E-state index in [-0.39, 0.29) is 12.1 Å². The molecule has 150 valence electrons. The number of hydrogen-bond acceptors (Lipinski definition) is 3. The van der Waals surface area contributed by atoms with E-state index >= 15 is 0 Å². The summed E-state index contributed by atoms with van der Waals surface area (Å²) in [5.74, 6) is 0.849. The van der Waals surface area contributed by atoms with E-state index in [1.165, 1.54) is 5.69 Å². The van der Waals surface area contributed by atoms with E-state index in [0.717, 1.165) is 41.6 Å². The molecule has 3 aromatic rings. The van der Waals surface area contributed by atoms with Crippen molar-refractivity contribution in [1.82, 2.24) is 19.8 Å². The third-order valence-corrected chi connectivity index (χ3v) is 5.74. The van der Waals surface area contributed by atoms with E-state index in [0.29, 0.717) is 0 Å². The highest BCUT2D eigenvalue weighted by Crippen LogP contribution is 2.39. The second kappa shape index (κ2) is 8.66. The van der Waals surface area contributed by atoms with Gasteiger partial charge in [-0.15, -0.1) is 0 Å². The highest BCUT2D eigenvalue weighted by molar-refractivity contribution is 7.80. The first-order valence-electron chi connectivity index (χ1n) is 10.0. The molecule has 0 radical (unpaired) electrons. The standard InChI is InChI=1S/C23H26N4OS/c1-3-4-15-27-22(21(25-23(27)29)19-8-5-6-14-24-19)20-9-7-16-26(20)17-10-12-18(28-2)13-11-17/h5-14,16,21-22H,3-4,15H2,1-2H3,(H,25,29)/t21-,22-/m0/s1. The Hall–Kier alpha value is -2.86. The predicted molar refractivity (Wildman–Crippen MR) is 119 cm³/mol. The fraction of sp³-hybridized carbons (Fsp3) is 0.304. The number of nitrogens with zero attached hydrogens (tertiary/aromatic N) is 3. The molecule has 0 saturated carbocycles. The van der Waals surface area contributed by atoms with Crippen LogP contribution in [0.25, 0.3) is 5.69 Å². The van der Waals surface area contributed by atoms with Crippen molar-refractivity contribution in [2.75, 3.05) is 13.7 Å². The Labute approximate surface area is 177 Å². The molecular formula is C23H26N4OS. The van der Waals surface area contributed by atoms with Gasteiger partial charge in [0, 0.05) is 30.3 Å². The second-order valence-corrected chi connectivity index (χ2v) is 7.56. The topological polar surface area (TPSA) is 42.3 Å². The smallest absolute Gasteiger partial charge is 0.170 e. The quantitative estimate of drug-likeness (QED) is 0.579. The Morgan fingerprint density at radius 2 is 1.93 bits per heavy atom. The van der Waals surface area contributed by atoms with Crippen LogP contribution in [-0.2, 0) is 0 Å². The average Bonchev–Trinajstić information content (AvgIpc) is 3.37. The maximum Gasteiger partial charge on any atom is 0.170 e. The molecule has 4 rings (SSSR count). The molecule has 1 aliphatic rings. The van der Waals surface area contributed by atoms with Crippen molar-refractivity contribution in [3.63, 3.8) is 0 Å².